The lowest BCUT2D eigenvalue weighted by atomic mass is 9.73. The van der Waals surface area contributed by atoms with E-state index in [9.17, 15) is 0 Å². The Bertz CT molecular complexity index is 2160. The Balaban J connectivity index is 1.21. The van der Waals surface area contributed by atoms with Crippen molar-refractivity contribution in [3.05, 3.63) is 155 Å². The lowest BCUT2D eigenvalue weighted by Gasteiger charge is -2.35. The molecule has 3 heteroatoms. The van der Waals surface area contributed by atoms with Gasteiger partial charge in [0, 0.05) is 28.3 Å². The fourth-order valence-corrected chi connectivity index (χ4v) is 8.37. The summed E-state index contributed by atoms with van der Waals surface area (Å²) in [4.78, 5) is 5.74. The number of nitrogens with zero attached hydrogens (tertiary/aromatic N) is 1. The molecule has 3 unspecified atom stereocenters. The molecule has 0 radical (unpaired) electrons. The van der Waals surface area contributed by atoms with Crippen LogP contribution in [0.1, 0.15) is 68.1 Å². The van der Waals surface area contributed by atoms with Crippen molar-refractivity contribution in [1.29, 1.82) is 0 Å². The van der Waals surface area contributed by atoms with Gasteiger partial charge in [-0.15, -0.1) is 0 Å². The minimum Gasteiger partial charge on any atom is -0.454 e. The van der Waals surface area contributed by atoms with Crippen LogP contribution < -0.4 is 0 Å². The lowest BCUT2D eigenvalue weighted by molar-refractivity contribution is 0.378. The molecule has 0 spiro atoms. The van der Waals surface area contributed by atoms with Crippen molar-refractivity contribution in [2.45, 2.75) is 57.4 Å². The maximum atomic E-state index is 7.07. The topological polar surface area (TPSA) is 25.5 Å². The molecule has 5 aromatic carbocycles. The van der Waals surface area contributed by atoms with Crippen molar-refractivity contribution in [1.82, 2.24) is 0 Å². The van der Waals surface area contributed by atoms with Crippen molar-refractivity contribution >= 4 is 50.0 Å². The third-order valence-electron chi connectivity index (χ3n) is 10.6. The second-order valence-corrected chi connectivity index (χ2v) is 13.9. The Morgan fingerprint density at radius 2 is 1.51 bits per heavy atom. The molecule has 0 amide bonds. The standard InChI is InChI=1S/C44H40ClNO/c1-3-36-37(35-25-39-38-24-33-16-10-11-17-34(33)27-41(38)47-44(39)40(45)26-35)23-18-28(2)42(46-43(36)31-14-8-5-9-15-31)32-21-19-30(20-22-32)29-12-6-4-7-13-29/h4-17,19,21-22,24-28,30,36-37,42H,3,18,20,23H2,1-2H3/t28-,30?,36-,37?,42?/m0/s1. The predicted molar refractivity (Wildman–Crippen MR) is 199 cm³/mol. The number of hydrogen-bond donors (Lipinski definition) is 0. The molecular formula is C44H40ClNO. The van der Waals surface area contributed by atoms with Crippen molar-refractivity contribution in [2.24, 2.45) is 16.8 Å². The average molecular weight is 634 g/mol. The summed E-state index contributed by atoms with van der Waals surface area (Å²) in [5.74, 6) is 1.36. The summed E-state index contributed by atoms with van der Waals surface area (Å²) in [7, 11) is 0. The number of benzene rings is 5. The molecule has 5 atom stereocenters. The first kappa shape index (κ1) is 30.0. The number of halogens is 1. The number of fused-ring (bicyclic) bond motifs is 4. The van der Waals surface area contributed by atoms with E-state index in [1.807, 2.05) is 0 Å². The van der Waals surface area contributed by atoms with Gasteiger partial charge in [-0.2, -0.15) is 0 Å². The monoisotopic (exact) mass is 633 g/mol. The molecular weight excluding hydrogens is 594 g/mol. The van der Waals surface area contributed by atoms with Crippen LogP contribution in [0.25, 0.3) is 32.7 Å². The van der Waals surface area contributed by atoms with E-state index in [0.717, 1.165) is 47.6 Å². The normalized spacial score (nSPS) is 23.4. The van der Waals surface area contributed by atoms with Gasteiger partial charge < -0.3 is 4.42 Å². The highest BCUT2D eigenvalue weighted by atomic mass is 35.5. The summed E-state index contributed by atoms with van der Waals surface area (Å²) in [6, 6.07) is 39.2. The summed E-state index contributed by atoms with van der Waals surface area (Å²) in [6.07, 6.45) is 11.4. The molecule has 8 rings (SSSR count). The van der Waals surface area contributed by atoms with Crippen LogP contribution in [0.3, 0.4) is 0 Å². The zero-order valence-corrected chi connectivity index (χ0v) is 27.8. The zero-order valence-electron chi connectivity index (χ0n) is 27.1. The van der Waals surface area contributed by atoms with E-state index in [2.05, 4.69) is 141 Å². The smallest absolute Gasteiger partial charge is 0.154 e. The Morgan fingerprint density at radius 1 is 0.787 bits per heavy atom. The van der Waals surface area contributed by atoms with Crippen molar-refractivity contribution in [3.63, 3.8) is 0 Å². The van der Waals surface area contributed by atoms with Gasteiger partial charge in [-0.3, -0.25) is 4.99 Å². The second kappa shape index (κ2) is 12.7. The van der Waals surface area contributed by atoms with Crippen LogP contribution in [0.15, 0.2) is 142 Å². The van der Waals surface area contributed by atoms with Crippen LogP contribution in [0.2, 0.25) is 5.02 Å². The molecule has 2 heterocycles. The van der Waals surface area contributed by atoms with E-state index in [-0.39, 0.29) is 17.9 Å². The molecule has 0 fully saturated rings. The maximum Gasteiger partial charge on any atom is 0.154 e. The van der Waals surface area contributed by atoms with Gasteiger partial charge in [-0.05, 0) is 94.8 Å². The number of furan rings is 1. The zero-order chi connectivity index (χ0) is 31.9. The van der Waals surface area contributed by atoms with Gasteiger partial charge in [0.2, 0.25) is 0 Å². The Morgan fingerprint density at radius 3 is 2.23 bits per heavy atom. The predicted octanol–water partition coefficient (Wildman–Crippen LogP) is 12.5. The summed E-state index contributed by atoms with van der Waals surface area (Å²) in [5.41, 5.74) is 8.10. The first-order valence-electron chi connectivity index (χ1n) is 17.2. The summed E-state index contributed by atoms with van der Waals surface area (Å²) in [6.45, 7) is 4.71. The van der Waals surface area contributed by atoms with E-state index in [0.29, 0.717) is 16.9 Å². The Kier molecular flexibility index (Phi) is 8.07. The van der Waals surface area contributed by atoms with Gasteiger partial charge in [-0.25, -0.2) is 0 Å². The Labute approximate surface area is 282 Å². The largest absolute Gasteiger partial charge is 0.454 e. The molecule has 0 saturated heterocycles. The first-order valence-corrected chi connectivity index (χ1v) is 17.6. The quantitative estimate of drug-likeness (QED) is 0.185. The molecule has 2 aliphatic rings. The molecule has 0 bridgehead atoms. The van der Waals surface area contributed by atoms with Crippen molar-refractivity contribution < 1.29 is 4.42 Å². The fourth-order valence-electron chi connectivity index (χ4n) is 8.10. The molecule has 1 aromatic heterocycles. The molecule has 6 aromatic rings. The molecule has 234 valence electrons. The molecule has 1 aliphatic heterocycles. The molecule has 47 heavy (non-hydrogen) atoms. The molecule has 0 saturated carbocycles. The number of allylic oxidation sites excluding steroid dienone is 2. The van der Waals surface area contributed by atoms with E-state index in [1.165, 1.54) is 38.7 Å². The number of hydrogen-bond acceptors (Lipinski definition) is 2. The highest BCUT2D eigenvalue weighted by Gasteiger charge is 2.34. The van der Waals surface area contributed by atoms with Crippen LogP contribution >= 0.6 is 11.6 Å². The van der Waals surface area contributed by atoms with Gasteiger partial charge in [0.15, 0.2) is 5.58 Å². The molecule has 2 nitrogen and oxygen atoms in total. The second-order valence-electron chi connectivity index (χ2n) is 13.5. The van der Waals surface area contributed by atoms with Gasteiger partial charge in [0.1, 0.15) is 5.58 Å². The van der Waals surface area contributed by atoms with Gasteiger partial charge >= 0.3 is 0 Å². The fraction of sp³-hybridized carbons (Fsp3) is 0.250. The minimum absolute atomic E-state index is 0.130. The van der Waals surface area contributed by atoms with Crippen LogP contribution in [-0.4, -0.2) is 11.8 Å². The van der Waals surface area contributed by atoms with E-state index in [4.69, 9.17) is 21.0 Å². The van der Waals surface area contributed by atoms with Gasteiger partial charge in [-0.1, -0.05) is 129 Å². The number of rotatable bonds is 5. The third kappa shape index (κ3) is 5.63. The SMILES string of the molecule is CC[C@@H]1C(c2ccccc2)=NC(C2=CCC(c3ccccc3)C=C2)[C@@H](C)CCC1c1cc(Cl)c2oc3cc4ccccc4cc3c2c1. The maximum absolute atomic E-state index is 7.07. The Hall–Kier alpha value is -4.40. The lowest BCUT2D eigenvalue weighted by Crippen LogP contribution is -2.31. The number of aliphatic imine (C=N–C) groups is 1. The van der Waals surface area contributed by atoms with Crippen molar-refractivity contribution in [3.8, 4) is 0 Å². The van der Waals surface area contributed by atoms with E-state index < -0.39 is 0 Å². The van der Waals surface area contributed by atoms with Crippen molar-refractivity contribution in [2.75, 3.05) is 0 Å². The summed E-state index contributed by atoms with van der Waals surface area (Å²) < 4.78 is 6.39. The van der Waals surface area contributed by atoms with Gasteiger partial charge in [0.05, 0.1) is 11.1 Å². The van der Waals surface area contributed by atoms with Crippen LogP contribution in [0.5, 0.6) is 0 Å². The van der Waals surface area contributed by atoms with Crippen LogP contribution in [-0.2, 0) is 0 Å². The average Bonchev–Trinajstić information content (AvgIpc) is 3.48. The molecule has 1 aliphatic carbocycles. The minimum atomic E-state index is 0.130. The van der Waals surface area contributed by atoms with E-state index >= 15 is 0 Å². The van der Waals surface area contributed by atoms with E-state index in [1.54, 1.807) is 0 Å². The third-order valence-corrected chi connectivity index (χ3v) is 10.9. The highest BCUT2D eigenvalue weighted by molar-refractivity contribution is 6.36. The molecule has 0 N–H and O–H groups in total. The highest BCUT2D eigenvalue weighted by Crippen LogP contribution is 2.44. The van der Waals surface area contributed by atoms with Crippen LogP contribution in [0, 0.1) is 11.8 Å². The first-order chi connectivity index (χ1) is 23.1. The summed E-state index contributed by atoms with van der Waals surface area (Å²) in [5, 5.41) is 5.29. The summed E-state index contributed by atoms with van der Waals surface area (Å²) >= 11 is 7.07. The van der Waals surface area contributed by atoms with Gasteiger partial charge in [0.25, 0.3) is 0 Å². The van der Waals surface area contributed by atoms with Crippen LogP contribution in [0.4, 0.5) is 0 Å².